The lowest BCUT2D eigenvalue weighted by Gasteiger charge is -2.04. The SMILES string of the molecule is COC(=O)c1c(NC(=O)c2cn[nH]n2)sc(C)c1C. The molecular formula is C11H12N4O3S. The molecule has 0 spiro atoms. The Bertz CT molecular complexity index is 618. The molecule has 7 nitrogen and oxygen atoms in total. The molecule has 0 atom stereocenters. The molecule has 0 radical (unpaired) electrons. The maximum absolute atomic E-state index is 11.9. The van der Waals surface area contributed by atoms with Crippen molar-refractivity contribution < 1.29 is 14.3 Å². The number of anilines is 1. The number of thiophene rings is 1. The molecule has 0 aliphatic carbocycles. The molecule has 100 valence electrons. The number of aromatic amines is 1. The molecule has 2 aromatic rings. The molecule has 0 aliphatic heterocycles. The van der Waals surface area contributed by atoms with Gasteiger partial charge in [-0.05, 0) is 19.4 Å². The fraction of sp³-hybridized carbons (Fsp3) is 0.273. The lowest BCUT2D eigenvalue weighted by molar-refractivity contribution is 0.0601. The number of carbonyl (C=O) groups is 2. The van der Waals surface area contributed by atoms with Crippen molar-refractivity contribution in [2.45, 2.75) is 13.8 Å². The van der Waals surface area contributed by atoms with Gasteiger partial charge in [0.1, 0.15) is 5.00 Å². The summed E-state index contributed by atoms with van der Waals surface area (Å²) in [5.41, 5.74) is 1.33. The fourth-order valence-electron chi connectivity index (χ4n) is 1.54. The van der Waals surface area contributed by atoms with Crippen molar-refractivity contribution in [3.8, 4) is 0 Å². The molecule has 0 aliphatic rings. The van der Waals surface area contributed by atoms with Crippen LogP contribution in [0.4, 0.5) is 5.00 Å². The number of rotatable bonds is 3. The second-order valence-corrected chi connectivity index (χ2v) is 5.01. The highest BCUT2D eigenvalue weighted by Gasteiger charge is 2.22. The second kappa shape index (κ2) is 5.19. The first kappa shape index (κ1) is 13.2. The van der Waals surface area contributed by atoms with Gasteiger partial charge in [-0.3, -0.25) is 4.79 Å². The Balaban J connectivity index is 2.33. The third-order valence-electron chi connectivity index (χ3n) is 2.65. The summed E-state index contributed by atoms with van der Waals surface area (Å²) in [6, 6.07) is 0. The number of aryl methyl sites for hydroxylation is 1. The van der Waals surface area contributed by atoms with E-state index in [1.807, 2.05) is 13.8 Å². The zero-order valence-corrected chi connectivity index (χ0v) is 11.4. The largest absolute Gasteiger partial charge is 0.465 e. The molecule has 0 bridgehead atoms. The highest BCUT2D eigenvalue weighted by atomic mass is 32.1. The van der Waals surface area contributed by atoms with Crippen LogP contribution < -0.4 is 5.32 Å². The fourth-order valence-corrected chi connectivity index (χ4v) is 2.58. The first-order valence-electron chi connectivity index (χ1n) is 5.40. The van der Waals surface area contributed by atoms with Gasteiger partial charge < -0.3 is 10.1 Å². The van der Waals surface area contributed by atoms with E-state index in [0.29, 0.717) is 10.6 Å². The Kier molecular flexibility index (Phi) is 3.61. The number of aromatic nitrogens is 3. The molecule has 2 heterocycles. The molecule has 8 heteroatoms. The van der Waals surface area contributed by atoms with Crippen LogP contribution in [-0.2, 0) is 4.74 Å². The topological polar surface area (TPSA) is 97.0 Å². The van der Waals surface area contributed by atoms with E-state index in [-0.39, 0.29) is 5.69 Å². The van der Waals surface area contributed by atoms with Crippen LogP contribution in [0, 0.1) is 13.8 Å². The number of carbonyl (C=O) groups excluding carboxylic acids is 2. The quantitative estimate of drug-likeness (QED) is 0.831. The molecule has 19 heavy (non-hydrogen) atoms. The maximum atomic E-state index is 11.9. The van der Waals surface area contributed by atoms with Crippen molar-refractivity contribution in [3.05, 3.63) is 27.9 Å². The van der Waals surface area contributed by atoms with Crippen molar-refractivity contribution >= 4 is 28.2 Å². The maximum Gasteiger partial charge on any atom is 0.341 e. The van der Waals surface area contributed by atoms with E-state index in [4.69, 9.17) is 4.74 Å². The molecule has 0 fully saturated rings. The van der Waals surface area contributed by atoms with Gasteiger partial charge in [0.2, 0.25) is 0 Å². The third kappa shape index (κ3) is 2.48. The molecule has 2 N–H and O–H groups in total. The summed E-state index contributed by atoms with van der Waals surface area (Å²) in [7, 11) is 1.30. The van der Waals surface area contributed by atoms with Crippen LogP contribution in [-0.4, -0.2) is 34.4 Å². The van der Waals surface area contributed by atoms with Crippen molar-refractivity contribution in [1.29, 1.82) is 0 Å². The number of hydrogen-bond donors (Lipinski definition) is 2. The summed E-state index contributed by atoms with van der Waals surface area (Å²) in [6.45, 7) is 3.68. The number of nitrogens with one attached hydrogen (secondary N) is 2. The van der Waals surface area contributed by atoms with E-state index in [0.717, 1.165) is 10.4 Å². The van der Waals surface area contributed by atoms with E-state index in [1.165, 1.54) is 24.6 Å². The van der Waals surface area contributed by atoms with Gasteiger partial charge in [-0.1, -0.05) is 0 Å². The van der Waals surface area contributed by atoms with E-state index in [1.54, 1.807) is 0 Å². The van der Waals surface area contributed by atoms with E-state index >= 15 is 0 Å². The molecule has 1 amide bonds. The second-order valence-electron chi connectivity index (χ2n) is 3.79. The molecular weight excluding hydrogens is 268 g/mol. The summed E-state index contributed by atoms with van der Waals surface area (Å²) >= 11 is 1.32. The average Bonchev–Trinajstić information content (AvgIpc) is 2.99. The zero-order chi connectivity index (χ0) is 14.0. The van der Waals surface area contributed by atoms with Crippen LogP contribution in [0.5, 0.6) is 0 Å². The van der Waals surface area contributed by atoms with Gasteiger partial charge in [-0.2, -0.15) is 15.4 Å². The van der Waals surface area contributed by atoms with Crippen molar-refractivity contribution in [2.24, 2.45) is 0 Å². The Hall–Kier alpha value is -2.22. The van der Waals surface area contributed by atoms with Crippen LogP contribution in [0.2, 0.25) is 0 Å². The van der Waals surface area contributed by atoms with Gasteiger partial charge in [0.25, 0.3) is 5.91 Å². The van der Waals surface area contributed by atoms with Crippen LogP contribution in [0.1, 0.15) is 31.3 Å². The van der Waals surface area contributed by atoms with Crippen molar-refractivity contribution in [2.75, 3.05) is 12.4 Å². The Morgan fingerprint density at radius 3 is 2.74 bits per heavy atom. The Morgan fingerprint density at radius 1 is 1.42 bits per heavy atom. The van der Waals surface area contributed by atoms with Gasteiger partial charge in [-0.25, -0.2) is 4.79 Å². The summed E-state index contributed by atoms with van der Waals surface area (Å²) < 4.78 is 4.73. The lowest BCUT2D eigenvalue weighted by Crippen LogP contribution is -2.14. The van der Waals surface area contributed by atoms with Crippen LogP contribution in [0.3, 0.4) is 0 Å². The van der Waals surface area contributed by atoms with Gasteiger partial charge in [-0.15, -0.1) is 11.3 Å². The minimum Gasteiger partial charge on any atom is -0.465 e. The minimum absolute atomic E-state index is 0.152. The number of hydrogen-bond acceptors (Lipinski definition) is 6. The number of amides is 1. The van der Waals surface area contributed by atoms with Crippen LogP contribution in [0.25, 0.3) is 0 Å². The predicted octanol–water partition coefficient (Wildman–Crippen LogP) is 1.52. The lowest BCUT2D eigenvalue weighted by atomic mass is 10.1. The van der Waals surface area contributed by atoms with Gasteiger partial charge >= 0.3 is 5.97 Å². The van der Waals surface area contributed by atoms with Crippen LogP contribution >= 0.6 is 11.3 Å². The molecule has 2 rings (SSSR count). The van der Waals surface area contributed by atoms with Gasteiger partial charge in [0, 0.05) is 4.88 Å². The van der Waals surface area contributed by atoms with Gasteiger partial charge in [0.05, 0.1) is 18.9 Å². The Morgan fingerprint density at radius 2 is 2.16 bits per heavy atom. The third-order valence-corrected chi connectivity index (χ3v) is 3.77. The standard InChI is InChI=1S/C11H12N4O3S/c1-5-6(2)19-10(8(5)11(17)18-3)13-9(16)7-4-12-15-14-7/h4H,1-3H3,(H,13,16)(H,12,14,15). The average molecular weight is 280 g/mol. The molecule has 0 aromatic carbocycles. The monoisotopic (exact) mass is 280 g/mol. The van der Waals surface area contributed by atoms with Crippen LogP contribution in [0.15, 0.2) is 6.20 Å². The van der Waals surface area contributed by atoms with Crippen molar-refractivity contribution in [3.63, 3.8) is 0 Å². The zero-order valence-electron chi connectivity index (χ0n) is 10.6. The van der Waals surface area contributed by atoms with E-state index in [2.05, 4.69) is 20.7 Å². The molecule has 2 aromatic heterocycles. The first-order chi connectivity index (χ1) is 9.04. The highest BCUT2D eigenvalue weighted by Crippen LogP contribution is 2.33. The number of nitrogens with zero attached hydrogens (tertiary/aromatic N) is 2. The minimum atomic E-state index is -0.475. The number of H-pyrrole nitrogens is 1. The smallest absolute Gasteiger partial charge is 0.341 e. The van der Waals surface area contributed by atoms with Crippen molar-refractivity contribution in [1.82, 2.24) is 15.4 Å². The highest BCUT2D eigenvalue weighted by molar-refractivity contribution is 7.16. The Labute approximate surface area is 113 Å². The van der Waals surface area contributed by atoms with E-state index < -0.39 is 11.9 Å². The number of esters is 1. The summed E-state index contributed by atoms with van der Waals surface area (Å²) in [4.78, 5) is 24.6. The normalized spacial score (nSPS) is 10.3. The van der Waals surface area contributed by atoms with E-state index in [9.17, 15) is 9.59 Å². The number of methoxy groups -OCH3 is 1. The summed E-state index contributed by atoms with van der Waals surface area (Å²) in [5, 5.41) is 12.7. The van der Waals surface area contributed by atoms with Gasteiger partial charge in [0.15, 0.2) is 5.69 Å². The molecule has 0 saturated carbocycles. The number of ether oxygens (including phenoxy) is 1. The summed E-state index contributed by atoms with van der Waals surface area (Å²) in [6.07, 6.45) is 1.31. The molecule has 0 unspecified atom stereocenters. The summed E-state index contributed by atoms with van der Waals surface area (Å²) in [5.74, 6) is -0.905. The predicted molar refractivity (Wildman–Crippen MR) is 69.5 cm³/mol. The molecule has 0 saturated heterocycles. The first-order valence-corrected chi connectivity index (χ1v) is 6.21.